The Morgan fingerprint density at radius 3 is 2.19 bits per heavy atom. The second-order valence-corrected chi connectivity index (χ2v) is 4.76. The molecule has 0 aliphatic carbocycles. The molecule has 0 heterocycles. The molecule has 110 valence electrons. The van der Waals surface area contributed by atoms with E-state index in [1.54, 1.807) is 36.4 Å². The largest absolute Gasteiger partial charge is 0.481 e. The van der Waals surface area contributed by atoms with E-state index in [4.69, 9.17) is 28.3 Å². The first-order chi connectivity index (χ1) is 10.1. The number of anilines is 2. The summed E-state index contributed by atoms with van der Waals surface area (Å²) in [5.41, 5.74) is 1.93. The van der Waals surface area contributed by atoms with Crippen molar-refractivity contribution in [2.75, 3.05) is 5.32 Å². The molecule has 0 aliphatic rings. The van der Waals surface area contributed by atoms with E-state index in [9.17, 15) is 4.79 Å². The van der Waals surface area contributed by atoms with Crippen molar-refractivity contribution in [2.24, 2.45) is 0 Å². The maximum Gasteiger partial charge on any atom is 0.307 e. The molecule has 2 rings (SSSR count). The molecule has 0 spiro atoms. The van der Waals surface area contributed by atoms with E-state index in [0.717, 1.165) is 0 Å². The van der Waals surface area contributed by atoms with Crippen LogP contribution in [0.1, 0.15) is 5.56 Å². The minimum atomic E-state index is -0.889. The van der Waals surface area contributed by atoms with E-state index < -0.39 is 5.97 Å². The van der Waals surface area contributed by atoms with Gasteiger partial charge in [0.25, 0.3) is 0 Å². The number of carbonyl (C=O) groups is 1. The third kappa shape index (κ3) is 4.81. The molecule has 21 heavy (non-hydrogen) atoms. The molecule has 0 aliphatic heterocycles. The molecule has 0 aromatic heterocycles. The first-order valence-corrected chi connectivity index (χ1v) is 6.84. The minimum Gasteiger partial charge on any atom is -0.481 e. The molecule has 0 amide bonds. The van der Waals surface area contributed by atoms with E-state index in [1.165, 1.54) is 0 Å². The summed E-state index contributed by atoms with van der Waals surface area (Å²) in [6.07, 6.45) is -0.0642. The molecule has 2 aromatic carbocycles. The Morgan fingerprint density at radius 1 is 1.05 bits per heavy atom. The number of hydrogen-bond donors (Lipinski definition) is 2. The van der Waals surface area contributed by atoms with Crippen molar-refractivity contribution < 1.29 is 9.90 Å². The Hall–Kier alpha value is -1.97. The van der Waals surface area contributed by atoms with Crippen LogP contribution in [0.5, 0.6) is 0 Å². The quantitative estimate of drug-likeness (QED) is 0.763. The zero-order valence-corrected chi connectivity index (χ0v) is 12.8. The van der Waals surface area contributed by atoms with Crippen LogP contribution in [0.2, 0.25) is 10.0 Å². The summed E-state index contributed by atoms with van der Waals surface area (Å²) in [5, 5.41) is 12.9. The summed E-state index contributed by atoms with van der Waals surface area (Å²) in [6.45, 7) is 6.00. The lowest BCUT2D eigenvalue weighted by molar-refractivity contribution is -0.136. The van der Waals surface area contributed by atoms with E-state index in [2.05, 4.69) is 18.5 Å². The number of rotatable bonds is 4. The van der Waals surface area contributed by atoms with Crippen LogP contribution >= 0.6 is 23.2 Å². The van der Waals surface area contributed by atoms with Gasteiger partial charge in [0, 0.05) is 5.69 Å². The zero-order chi connectivity index (χ0) is 15.8. The van der Waals surface area contributed by atoms with E-state index in [0.29, 0.717) is 27.0 Å². The van der Waals surface area contributed by atoms with Crippen molar-refractivity contribution in [3.05, 3.63) is 71.2 Å². The fourth-order valence-corrected chi connectivity index (χ4v) is 2.20. The van der Waals surface area contributed by atoms with Crippen LogP contribution in [0.15, 0.2) is 55.6 Å². The highest BCUT2D eigenvalue weighted by molar-refractivity contribution is 6.39. The van der Waals surface area contributed by atoms with E-state index >= 15 is 0 Å². The third-order valence-electron chi connectivity index (χ3n) is 2.58. The summed E-state index contributed by atoms with van der Waals surface area (Å²) in [4.78, 5) is 10.8. The van der Waals surface area contributed by atoms with Gasteiger partial charge in [-0.05, 0) is 23.8 Å². The third-order valence-corrected chi connectivity index (χ3v) is 3.21. The normalized spacial score (nSPS) is 9.43. The number of halogens is 2. The standard InChI is InChI=1S/C14H11Cl2NO2.C2H4/c15-10-5-3-6-11(16)14(10)17-12-7-2-1-4-9(12)8-13(18)19;1-2/h1-7,17H,8H2,(H,18,19);1-2H2. The summed E-state index contributed by atoms with van der Waals surface area (Å²) in [5.74, 6) is -0.889. The second-order valence-electron chi connectivity index (χ2n) is 3.95. The molecule has 5 heteroatoms. The number of para-hydroxylation sites is 2. The average molecular weight is 324 g/mol. The van der Waals surface area contributed by atoms with Gasteiger partial charge in [0.2, 0.25) is 0 Å². The van der Waals surface area contributed by atoms with Gasteiger partial charge in [0.15, 0.2) is 0 Å². The number of benzene rings is 2. The molecular formula is C16H15Cl2NO2. The molecule has 0 fully saturated rings. The molecule has 2 N–H and O–H groups in total. The monoisotopic (exact) mass is 323 g/mol. The molecule has 0 radical (unpaired) electrons. The Bertz CT molecular complexity index is 609. The van der Waals surface area contributed by atoms with Gasteiger partial charge < -0.3 is 10.4 Å². The van der Waals surface area contributed by atoms with Gasteiger partial charge >= 0.3 is 5.97 Å². The van der Waals surface area contributed by atoms with Crippen LogP contribution in [-0.2, 0) is 11.2 Å². The van der Waals surface area contributed by atoms with Crippen molar-refractivity contribution in [2.45, 2.75) is 6.42 Å². The van der Waals surface area contributed by atoms with Crippen molar-refractivity contribution >= 4 is 40.5 Å². The fraction of sp³-hybridized carbons (Fsp3) is 0.0625. The van der Waals surface area contributed by atoms with Gasteiger partial charge in [-0.1, -0.05) is 47.5 Å². The Balaban J connectivity index is 0.00000106. The predicted molar refractivity (Wildman–Crippen MR) is 88.8 cm³/mol. The highest BCUT2D eigenvalue weighted by Gasteiger charge is 2.10. The van der Waals surface area contributed by atoms with Crippen LogP contribution in [0.25, 0.3) is 0 Å². The van der Waals surface area contributed by atoms with Gasteiger partial charge in [-0.3, -0.25) is 4.79 Å². The van der Waals surface area contributed by atoms with Crippen molar-refractivity contribution in [1.29, 1.82) is 0 Å². The van der Waals surface area contributed by atoms with Crippen molar-refractivity contribution in [1.82, 2.24) is 0 Å². The average Bonchev–Trinajstić information content (AvgIpc) is 2.46. The molecule has 0 saturated heterocycles. The lowest BCUT2D eigenvalue weighted by Gasteiger charge is -2.13. The molecule has 0 bridgehead atoms. The highest BCUT2D eigenvalue weighted by Crippen LogP contribution is 2.33. The van der Waals surface area contributed by atoms with Crippen molar-refractivity contribution in [3.63, 3.8) is 0 Å². The minimum absolute atomic E-state index is 0.0642. The summed E-state index contributed by atoms with van der Waals surface area (Å²) in [6, 6.07) is 12.3. The molecule has 3 nitrogen and oxygen atoms in total. The van der Waals surface area contributed by atoms with Gasteiger partial charge in [0.1, 0.15) is 0 Å². The molecule has 0 atom stereocenters. The SMILES string of the molecule is C=C.O=C(O)Cc1ccccc1Nc1c(Cl)cccc1Cl. The maximum absolute atomic E-state index is 10.8. The Kier molecular flexibility index (Phi) is 6.79. The number of nitrogens with one attached hydrogen (secondary N) is 1. The van der Waals surface area contributed by atoms with Gasteiger partial charge in [-0.15, -0.1) is 13.2 Å². The summed E-state index contributed by atoms with van der Waals surface area (Å²) in [7, 11) is 0. The number of hydrogen-bond acceptors (Lipinski definition) is 2. The topological polar surface area (TPSA) is 49.3 Å². The van der Waals surface area contributed by atoms with Crippen molar-refractivity contribution in [3.8, 4) is 0 Å². The summed E-state index contributed by atoms with van der Waals surface area (Å²) < 4.78 is 0. The van der Waals surface area contributed by atoms with Crippen LogP contribution in [0.3, 0.4) is 0 Å². The van der Waals surface area contributed by atoms with Gasteiger partial charge in [0.05, 0.1) is 22.2 Å². The Morgan fingerprint density at radius 2 is 1.62 bits per heavy atom. The smallest absolute Gasteiger partial charge is 0.307 e. The van der Waals surface area contributed by atoms with E-state index in [1.807, 2.05) is 6.07 Å². The first-order valence-electron chi connectivity index (χ1n) is 6.08. The fourth-order valence-electron chi connectivity index (χ4n) is 1.71. The van der Waals surface area contributed by atoms with Crippen LogP contribution in [0, 0.1) is 0 Å². The lowest BCUT2D eigenvalue weighted by Crippen LogP contribution is -2.04. The number of aliphatic carboxylic acids is 1. The van der Waals surface area contributed by atoms with Crippen LogP contribution in [0.4, 0.5) is 11.4 Å². The van der Waals surface area contributed by atoms with Crippen LogP contribution < -0.4 is 5.32 Å². The zero-order valence-electron chi connectivity index (χ0n) is 11.3. The maximum atomic E-state index is 10.8. The second kappa shape index (κ2) is 8.35. The van der Waals surface area contributed by atoms with Gasteiger partial charge in [-0.2, -0.15) is 0 Å². The highest BCUT2D eigenvalue weighted by atomic mass is 35.5. The van der Waals surface area contributed by atoms with Gasteiger partial charge in [-0.25, -0.2) is 0 Å². The van der Waals surface area contributed by atoms with E-state index in [-0.39, 0.29) is 6.42 Å². The number of carboxylic acid groups (broad SMARTS) is 1. The molecule has 0 saturated carbocycles. The Labute approximate surface area is 133 Å². The van der Waals surface area contributed by atoms with Crippen LogP contribution in [-0.4, -0.2) is 11.1 Å². The molecular weight excluding hydrogens is 309 g/mol. The number of carboxylic acids is 1. The lowest BCUT2D eigenvalue weighted by atomic mass is 10.1. The molecule has 2 aromatic rings. The summed E-state index contributed by atoms with van der Waals surface area (Å²) >= 11 is 12.1. The molecule has 0 unspecified atom stereocenters. The predicted octanol–water partition coefficient (Wildman–Crippen LogP) is 5.17. The first kappa shape index (κ1) is 17.1.